The van der Waals surface area contributed by atoms with Crippen LogP contribution in [0.1, 0.15) is 31.7 Å². The van der Waals surface area contributed by atoms with Crippen molar-refractivity contribution in [2.75, 3.05) is 39.8 Å². The van der Waals surface area contributed by atoms with Crippen molar-refractivity contribution in [2.45, 2.75) is 38.8 Å². The molecule has 0 atom stereocenters. The summed E-state index contributed by atoms with van der Waals surface area (Å²) >= 11 is 1.71. The van der Waals surface area contributed by atoms with E-state index in [1.807, 2.05) is 11.6 Å². The summed E-state index contributed by atoms with van der Waals surface area (Å²) in [4.78, 5) is 24.4. The van der Waals surface area contributed by atoms with E-state index in [0.29, 0.717) is 11.8 Å². The molecule has 2 aliphatic heterocycles. The Morgan fingerprint density at radius 2 is 2.00 bits per heavy atom. The number of carbonyl (C=O) groups excluding carboxylic acids is 1. The molecule has 0 saturated carbocycles. The first-order valence-corrected chi connectivity index (χ1v) is 9.50. The van der Waals surface area contributed by atoms with Gasteiger partial charge in [-0.15, -0.1) is 11.3 Å². The van der Waals surface area contributed by atoms with Gasteiger partial charge in [-0.2, -0.15) is 0 Å². The van der Waals surface area contributed by atoms with Crippen molar-refractivity contribution in [1.29, 1.82) is 0 Å². The first kappa shape index (κ1) is 16.9. The van der Waals surface area contributed by atoms with Crippen molar-refractivity contribution in [1.82, 2.24) is 19.7 Å². The molecule has 2 saturated heterocycles. The van der Waals surface area contributed by atoms with E-state index in [-0.39, 0.29) is 5.54 Å². The second kappa shape index (κ2) is 6.87. The van der Waals surface area contributed by atoms with E-state index in [9.17, 15) is 4.79 Å². The van der Waals surface area contributed by atoms with Gasteiger partial charge >= 0.3 is 0 Å². The molecular weight excluding hydrogens is 308 g/mol. The number of piperazine rings is 1. The Bertz CT molecular complexity index is 523. The highest BCUT2D eigenvalue weighted by Gasteiger charge is 2.49. The van der Waals surface area contributed by atoms with Gasteiger partial charge in [-0.05, 0) is 25.8 Å². The van der Waals surface area contributed by atoms with Crippen molar-refractivity contribution >= 4 is 17.2 Å². The Hall–Kier alpha value is -0.980. The highest BCUT2D eigenvalue weighted by atomic mass is 32.1. The summed E-state index contributed by atoms with van der Waals surface area (Å²) in [7, 11) is 2.13. The Kier molecular flexibility index (Phi) is 5.04. The quantitative estimate of drug-likeness (QED) is 0.842. The monoisotopic (exact) mass is 336 g/mol. The summed E-state index contributed by atoms with van der Waals surface area (Å²) in [6.07, 6.45) is 3.73. The molecule has 0 N–H and O–H groups in total. The first-order chi connectivity index (χ1) is 11.0. The molecule has 0 aromatic carbocycles. The number of aromatic nitrogens is 1. The van der Waals surface area contributed by atoms with Gasteiger partial charge in [0.25, 0.3) is 0 Å². The van der Waals surface area contributed by atoms with E-state index in [4.69, 9.17) is 0 Å². The van der Waals surface area contributed by atoms with E-state index in [0.717, 1.165) is 52.1 Å². The zero-order valence-corrected chi connectivity index (χ0v) is 15.3. The number of likely N-dealkylation sites (tertiary alicyclic amines) is 1. The summed E-state index contributed by atoms with van der Waals surface area (Å²) in [6, 6.07) is 0. The van der Waals surface area contributed by atoms with E-state index in [1.54, 1.807) is 11.3 Å². The van der Waals surface area contributed by atoms with Crippen LogP contribution >= 0.6 is 11.3 Å². The lowest BCUT2D eigenvalue weighted by Gasteiger charge is -2.51. The van der Waals surface area contributed by atoms with Crippen molar-refractivity contribution < 1.29 is 4.79 Å². The lowest BCUT2D eigenvalue weighted by atomic mass is 9.82. The van der Waals surface area contributed by atoms with Crippen LogP contribution in [0.3, 0.4) is 0 Å². The average Bonchev–Trinajstić information content (AvgIpc) is 3.03. The molecule has 0 aliphatic carbocycles. The van der Waals surface area contributed by atoms with Gasteiger partial charge in [-0.1, -0.05) is 13.8 Å². The maximum Gasteiger partial charge on any atom is 0.243 e. The third-order valence-corrected chi connectivity index (χ3v) is 6.00. The normalized spacial score (nSPS) is 23.1. The number of carbonyl (C=O) groups is 1. The van der Waals surface area contributed by atoms with Crippen LogP contribution < -0.4 is 0 Å². The van der Waals surface area contributed by atoms with E-state index < -0.39 is 0 Å². The minimum atomic E-state index is -0.271. The zero-order valence-electron chi connectivity index (χ0n) is 14.5. The summed E-state index contributed by atoms with van der Waals surface area (Å²) < 4.78 is 0. The lowest BCUT2D eigenvalue weighted by Crippen LogP contribution is -2.67. The van der Waals surface area contributed by atoms with Crippen LogP contribution in [0.4, 0.5) is 0 Å². The van der Waals surface area contributed by atoms with Gasteiger partial charge in [0.1, 0.15) is 10.5 Å². The smallest absolute Gasteiger partial charge is 0.243 e. The van der Waals surface area contributed by atoms with Gasteiger partial charge < -0.3 is 4.90 Å². The summed E-state index contributed by atoms with van der Waals surface area (Å²) in [5, 5.41) is 3.20. The second-order valence-electron chi connectivity index (χ2n) is 7.30. The number of thiazole rings is 1. The SMILES string of the molecule is CC(C)CN1CCN(C)C2(CCN(Cc3nccs3)CC2)C1=O. The van der Waals surface area contributed by atoms with Crippen LogP contribution in [0.25, 0.3) is 0 Å². The van der Waals surface area contributed by atoms with Crippen LogP contribution in [-0.2, 0) is 11.3 Å². The number of hydrogen-bond acceptors (Lipinski definition) is 5. The van der Waals surface area contributed by atoms with E-state index in [1.165, 1.54) is 5.01 Å². The van der Waals surface area contributed by atoms with Crippen molar-refractivity contribution in [3.63, 3.8) is 0 Å². The Morgan fingerprint density at radius 3 is 2.61 bits per heavy atom. The predicted octanol–water partition coefficient (Wildman–Crippen LogP) is 1.91. The average molecular weight is 337 g/mol. The Morgan fingerprint density at radius 1 is 1.26 bits per heavy atom. The molecule has 2 fully saturated rings. The first-order valence-electron chi connectivity index (χ1n) is 8.62. The number of amides is 1. The molecule has 2 aliphatic rings. The van der Waals surface area contributed by atoms with Gasteiger partial charge in [0.2, 0.25) is 5.91 Å². The molecule has 0 radical (unpaired) electrons. The number of likely N-dealkylation sites (N-methyl/N-ethyl adjacent to an activating group) is 1. The van der Waals surface area contributed by atoms with Gasteiger partial charge in [-0.25, -0.2) is 4.98 Å². The third kappa shape index (κ3) is 3.44. The molecular formula is C17H28N4OS. The predicted molar refractivity (Wildman–Crippen MR) is 93.4 cm³/mol. The molecule has 128 valence electrons. The molecule has 1 aromatic heterocycles. The van der Waals surface area contributed by atoms with Crippen molar-refractivity contribution in [3.05, 3.63) is 16.6 Å². The van der Waals surface area contributed by atoms with E-state index >= 15 is 0 Å². The standard InChI is InChI=1S/C17H28N4OS/c1-14(2)12-21-10-9-19(3)17(16(21)22)4-7-20(8-5-17)13-15-18-6-11-23-15/h6,11,14H,4-5,7-10,12-13H2,1-3H3. The number of piperidine rings is 1. The molecule has 1 spiro atoms. The molecule has 0 unspecified atom stereocenters. The van der Waals surface area contributed by atoms with Gasteiger partial charge in [0, 0.05) is 44.3 Å². The fraction of sp³-hybridized carbons (Fsp3) is 0.765. The topological polar surface area (TPSA) is 39.7 Å². The molecule has 5 nitrogen and oxygen atoms in total. The van der Waals surface area contributed by atoms with Crippen LogP contribution in [0.15, 0.2) is 11.6 Å². The highest BCUT2D eigenvalue weighted by molar-refractivity contribution is 7.09. The number of nitrogens with zero attached hydrogens (tertiary/aromatic N) is 4. The molecule has 3 heterocycles. The molecule has 6 heteroatoms. The Labute approximate surface area is 143 Å². The maximum absolute atomic E-state index is 13.1. The van der Waals surface area contributed by atoms with Crippen molar-refractivity contribution in [2.24, 2.45) is 5.92 Å². The van der Waals surface area contributed by atoms with Crippen LogP contribution in [0.5, 0.6) is 0 Å². The molecule has 3 rings (SSSR count). The van der Waals surface area contributed by atoms with E-state index in [2.05, 4.69) is 40.6 Å². The number of rotatable bonds is 4. The van der Waals surface area contributed by atoms with Gasteiger partial charge in [0.15, 0.2) is 0 Å². The molecule has 1 aromatic rings. The van der Waals surface area contributed by atoms with Gasteiger partial charge in [0.05, 0.1) is 6.54 Å². The minimum Gasteiger partial charge on any atom is -0.340 e. The minimum absolute atomic E-state index is 0.271. The Balaban J connectivity index is 1.65. The highest BCUT2D eigenvalue weighted by Crippen LogP contribution is 2.33. The maximum atomic E-state index is 13.1. The summed E-state index contributed by atoms with van der Waals surface area (Å²) in [5.74, 6) is 0.887. The van der Waals surface area contributed by atoms with Crippen molar-refractivity contribution in [3.8, 4) is 0 Å². The third-order valence-electron chi connectivity index (χ3n) is 5.23. The summed E-state index contributed by atoms with van der Waals surface area (Å²) in [5.41, 5.74) is -0.271. The lowest BCUT2D eigenvalue weighted by molar-refractivity contribution is -0.155. The molecule has 1 amide bonds. The van der Waals surface area contributed by atoms with Crippen LogP contribution in [-0.4, -0.2) is 70.9 Å². The largest absolute Gasteiger partial charge is 0.340 e. The van der Waals surface area contributed by atoms with Crippen LogP contribution in [0.2, 0.25) is 0 Å². The molecule has 0 bridgehead atoms. The summed E-state index contributed by atoms with van der Waals surface area (Å²) in [6.45, 7) is 10.0. The fourth-order valence-corrected chi connectivity index (χ4v) is 4.52. The second-order valence-corrected chi connectivity index (χ2v) is 8.28. The fourth-order valence-electron chi connectivity index (χ4n) is 3.86. The molecule has 23 heavy (non-hydrogen) atoms. The zero-order chi connectivity index (χ0) is 16.4. The number of hydrogen-bond donors (Lipinski definition) is 0. The van der Waals surface area contributed by atoms with Gasteiger partial charge in [-0.3, -0.25) is 14.6 Å². The van der Waals surface area contributed by atoms with Crippen LogP contribution in [0, 0.1) is 5.92 Å².